The van der Waals surface area contributed by atoms with Crippen molar-refractivity contribution in [3.8, 4) is 17.0 Å². The van der Waals surface area contributed by atoms with E-state index < -0.39 is 12.0 Å². The predicted molar refractivity (Wildman–Crippen MR) is 118 cm³/mol. The normalized spacial score (nSPS) is 15.4. The molecule has 7 heteroatoms. The Morgan fingerprint density at radius 1 is 1.14 bits per heavy atom. The van der Waals surface area contributed by atoms with E-state index in [1.54, 1.807) is 17.4 Å². The van der Waals surface area contributed by atoms with E-state index in [0.29, 0.717) is 31.5 Å². The lowest BCUT2D eigenvalue weighted by Crippen LogP contribution is -2.22. The van der Waals surface area contributed by atoms with Crippen LogP contribution >= 0.6 is 50.5 Å². The van der Waals surface area contributed by atoms with Crippen LogP contribution in [0.4, 0.5) is 4.39 Å². The molecule has 1 unspecified atom stereocenters. The lowest BCUT2D eigenvalue weighted by Gasteiger charge is -2.30. The van der Waals surface area contributed by atoms with Crippen LogP contribution < -0.4 is 4.74 Å². The van der Waals surface area contributed by atoms with Crippen LogP contribution in [0.15, 0.2) is 40.9 Å². The zero-order chi connectivity index (χ0) is 19.7. The van der Waals surface area contributed by atoms with Gasteiger partial charge in [0.1, 0.15) is 11.6 Å². The molecule has 0 saturated heterocycles. The van der Waals surface area contributed by atoms with Gasteiger partial charge in [0.25, 0.3) is 0 Å². The molecule has 0 bridgehead atoms. The molecule has 0 N–H and O–H groups in total. The highest BCUT2D eigenvalue weighted by molar-refractivity contribution is 9.10. The van der Waals surface area contributed by atoms with E-state index in [4.69, 9.17) is 27.9 Å². The molecule has 1 atom stereocenters. The molecule has 1 aliphatic heterocycles. The topological polar surface area (TPSA) is 14.2 Å². The Morgan fingerprint density at radius 2 is 1.93 bits per heavy atom. The minimum absolute atomic E-state index is 0.363. The molecule has 1 aliphatic rings. The second-order valence-electron chi connectivity index (χ2n) is 6.81. The number of rotatable bonds is 1. The van der Waals surface area contributed by atoms with E-state index in [-0.39, 0.29) is 0 Å². The maximum atomic E-state index is 15.0. The SMILES string of the molecule is Cc1cc(C2Oc3cc(Br)cc(F)c3-c3c(Cl)c4cc(Cl)ccc4n32)sc1C. The Hall–Kier alpha value is -1.53. The summed E-state index contributed by atoms with van der Waals surface area (Å²) in [5.74, 6) is 0.0716. The number of halogens is 4. The van der Waals surface area contributed by atoms with Crippen molar-refractivity contribution in [3.63, 3.8) is 0 Å². The number of benzene rings is 2. The molecule has 3 heterocycles. The van der Waals surface area contributed by atoms with Gasteiger partial charge in [0.2, 0.25) is 6.23 Å². The van der Waals surface area contributed by atoms with Crippen LogP contribution in [-0.2, 0) is 0 Å². The van der Waals surface area contributed by atoms with Crippen molar-refractivity contribution in [2.45, 2.75) is 20.1 Å². The summed E-state index contributed by atoms with van der Waals surface area (Å²) in [4.78, 5) is 2.25. The molecule has 0 saturated carbocycles. The summed E-state index contributed by atoms with van der Waals surface area (Å²) < 4.78 is 23.9. The second kappa shape index (κ2) is 6.49. The first-order valence-corrected chi connectivity index (χ1v) is 10.9. The van der Waals surface area contributed by atoms with E-state index in [1.807, 2.05) is 22.8 Å². The van der Waals surface area contributed by atoms with E-state index in [9.17, 15) is 4.39 Å². The van der Waals surface area contributed by atoms with Crippen molar-refractivity contribution in [1.29, 1.82) is 0 Å². The number of hydrogen-bond acceptors (Lipinski definition) is 2. The molecule has 0 radical (unpaired) electrons. The van der Waals surface area contributed by atoms with Crippen LogP contribution in [0, 0.1) is 19.7 Å². The molecular formula is C21H13BrCl2FNOS. The van der Waals surface area contributed by atoms with Crippen LogP contribution in [0.2, 0.25) is 10.0 Å². The Morgan fingerprint density at radius 3 is 2.64 bits per heavy atom. The molecule has 28 heavy (non-hydrogen) atoms. The monoisotopic (exact) mass is 495 g/mol. The molecule has 5 rings (SSSR count). The van der Waals surface area contributed by atoms with Crippen molar-refractivity contribution in [2.75, 3.05) is 0 Å². The molecule has 0 fully saturated rings. The first kappa shape index (κ1) is 18.5. The third-order valence-electron chi connectivity index (χ3n) is 5.06. The fourth-order valence-electron chi connectivity index (χ4n) is 3.68. The van der Waals surface area contributed by atoms with Gasteiger partial charge < -0.3 is 4.74 Å². The minimum Gasteiger partial charge on any atom is -0.464 e. The second-order valence-corrected chi connectivity index (χ2v) is 9.83. The van der Waals surface area contributed by atoms with Gasteiger partial charge in [0.15, 0.2) is 0 Å². The quantitative estimate of drug-likeness (QED) is 0.259. The van der Waals surface area contributed by atoms with E-state index >= 15 is 0 Å². The summed E-state index contributed by atoms with van der Waals surface area (Å²) in [5.41, 5.74) is 3.02. The minimum atomic E-state index is -0.440. The third-order valence-corrected chi connectivity index (χ3v) is 7.32. The van der Waals surface area contributed by atoms with Gasteiger partial charge >= 0.3 is 0 Å². The molecular weight excluding hydrogens is 484 g/mol. The number of aryl methyl sites for hydroxylation is 2. The number of hydrogen-bond donors (Lipinski definition) is 0. The molecule has 2 nitrogen and oxygen atoms in total. The third kappa shape index (κ3) is 2.64. The zero-order valence-corrected chi connectivity index (χ0v) is 18.7. The predicted octanol–water partition coefficient (Wildman–Crippen LogP) is 8.13. The summed E-state index contributed by atoms with van der Waals surface area (Å²) in [6, 6.07) is 10.8. The molecule has 2 aromatic heterocycles. The van der Waals surface area contributed by atoms with Gasteiger partial charge in [-0.05, 0) is 55.8 Å². The van der Waals surface area contributed by atoms with Crippen molar-refractivity contribution in [2.24, 2.45) is 0 Å². The fraction of sp³-hybridized carbons (Fsp3) is 0.143. The van der Waals surface area contributed by atoms with Crippen LogP contribution in [-0.4, -0.2) is 4.57 Å². The van der Waals surface area contributed by atoms with Gasteiger partial charge in [0.05, 0.1) is 26.7 Å². The summed E-state index contributed by atoms with van der Waals surface area (Å²) in [5, 5.41) is 1.82. The lowest BCUT2D eigenvalue weighted by atomic mass is 10.1. The van der Waals surface area contributed by atoms with Crippen LogP contribution in [0.25, 0.3) is 22.2 Å². The van der Waals surface area contributed by atoms with Crippen molar-refractivity contribution in [1.82, 2.24) is 4.57 Å². The van der Waals surface area contributed by atoms with Crippen molar-refractivity contribution >= 4 is 61.4 Å². The molecule has 0 aliphatic carbocycles. The standard InChI is InChI=1S/C21H13BrCl2FNOS/c1-9-5-17(28-10(9)2)21-26-15-4-3-12(23)8-13(15)19(24)20(26)18-14(25)6-11(22)7-16(18)27-21/h3-8,21H,1-2H3. The van der Waals surface area contributed by atoms with Crippen molar-refractivity contribution in [3.05, 3.63) is 72.1 Å². The van der Waals surface area contributed by atoms with Gasteiger partial charge in [-0.3, -0.25) is 4.57 Å². The number of thiophene rings is 1. The van der Waals surface area contributed by atoms with E-state index in [2.05, 4.69) is 35.8 Å². The number of nitrogens with zero attached hydrogens (tertiary/aromatic N) is 1. The summed E-state index contributed by atoms with van der Waals surface area (Å²) in [7, 11) is 0. The molecule has 0 amide bonds. The highest BCUT2D eigenvalue weighted by Crippen LogP contribution is 2.51. The first-order valence-electron chi connectivity index (χ1n) is 8.57. The van der Waals surface area contributed by atoms with Gasteiger partial charge in [-0.1, -0.05) is 39.1 Å². The van der Waals surface area contributed by atoms with Crippen LogP contribution in [0.1, 0.15) is 21.5 Å². The average Bonchev–Trinajstić information content (AvgIpc) is 3.11. The Bertz CT molecular complexity index is 1260. The van der Waals surface area contributed by atoms with Gasteiger partial charge in [-0.25, -0.2) is 4.39 Å². The Labute approximate surface area is 183 Å². The van der Waals surface area contributed by atoms with Crippen LogP contribution in [0.3, 0.4) is 0 Å². The average molecular weight is 497 g/mol. The zero-order valence-electron chi connectivity index (χ0n) is 14.8. The Balaban J connectivity index is 1.90. The molecule has 2 aromatic carbocycles. The van der Waals surface area contributed by atoms with Gasteiger partial charge in [0, 0.05) is 19.8 Å². The number of aromatic nitrogens is 1. The number of ether oxygens (including phenoxy) is 1. The van der Waals surface area contributed by atoms with E-state index in [1.165, 1.54) is 16.5 Å². The molecule has 142 valence electrons. The van der Waals surface area contributed by atoms with Gasteiger partial charge in [-0.15, -0.1) is 11.3 Å². The number of fused-ring (bicyclic) bond motifs is 5. The van der Waals surface area contributed by atoms with E-state index in [0.717, 1.165) is 15.8 Å². The molecule has 0 spiro atoms. The smallest absolute Gasteiger partial charge is 0.212 e. The first-order chi connectivity index (χ1) is 13.3. The lowest BCUT2D eigenvalue weighted by molar-refractivity contribution is 0.176. The highest BCUT2D eigenvalue weighted by atomic mass is 79.9. The van der Waals surface area contributed by atoms with Crippen LogP contribution in [0.5, 0.6) is 5.75 Å². The highest BCUT2D eigenvalue weighted by Gasteiger charge is 2.35. The fourth-order valence-corrected chi connectivity index (χ4v) is 5.66. The largest absolute Gasteiger partial charge is 0.464 e. The Kier molecular flexibility index (Phi) is 4.29. The summed E-state index contributed by atoms with van der Waals surface area (Å²) >= 11 is 18.0. The summed E-state index contributed by atoms with van der Waals surface area (Å²) in [6.07, 6.45) is -0.440. The molecule has 4 aromatic rings. The summed E-state index contributed by atoms with van der Waals surface area (Å²) in [6.45, 7) is 4.15. The maximum absolute atomic E-state index is 15.0. The van der Waals surface area contributed by atoms with Crippen molar-refractivity contribution < 1.29 is 9.13 Å². The van der Waals surface area contributed by atoms with Gasteiger partial charge in [-0.2, -0.15) is 0 Å². The maximum Gasteiger partial charge on any atom is 0.212 e.